The molecule has 0 bridgehead atoms. The van der Waals surface area contributed by atoms with Crippen LogP contribution in [0.15, 0.2) is 18.5 Å². The summed E-state index contributed by atoms with van der Waals surface area (Å²) in [5, 5.41) is 3.38. The molecule has 0 radical (unpaired) electrons. The van der Waals surface area contributed by atoms with Gasteiger partial charge in [0.05, 0.1) is 5.92 Å². The largest absolute Gasteiger partial charge is 0.350 e. The summed E-state index contributed by atoms with van der Waals surface area (Å²) in [5.41, 5.74) is -0.0151. The summed E-state index contributed by atoms with van der Waals surface area (Å²) in [4.78, 5) is 26.0. The van der Waals surface area contributed by atoms with Gasteiger partial charge >= 0.3 is 0 Å². The van der Waals surface area contributed by atoms with Gasteiger partial charge < -0.3 is 15.1 Å². The lowest BCUT2D eigenvalue weighted by Gasteiger charge is -2.42. The Balaban J connectivity index is 1.46. The van der Waals surface area contributed by atoms with Crippen LogP contribution in [0.2, 0.25) is 0 Å². The van der Waals surface area contributed by atoms with Crippen molar-refractivity contribution in [3.63, 3.8) is 0 Å². The minimum atomic E-state index is -0.0151. The fourth-order valence-electron chi connectivity index (χ4n) is 4.86. The molecule has 130 valence electrons. The Morgan fingerprint density at radius 2 is 1.96 bits per heavy atom. The number of aromatic nitrogens is 2. The van der Waals surface area contributed by atoms with Crippen LogP contribution in [0.4, 0.5) is 5.95 Å². The summed E-state index contributed by atoms with van der Waals surface area (Å²) in [6.07, 6.45) is 5.57. The van der Waals surface area contributed by atoms with Crippen molar-refractivity contribution in [2.24, 2.45) is 17.8 Å². The first-order valence-electron chi connectivity index (χ1n) is 9.14. The van der Waals surface area contributed by atoms with E-state index < -0.39 is 0 Å². The quantitative estimate of drug-likeness (QED) is 0.901. The Morgan fingerprint density at radius 3 is 2.62 bits per heavy atom. The van der Waals surface area contributed by atoms with Crippen LogP contribution in [0.3, 0.4) is 0 Å². The van der Waals surface area contributed by atoms with Gasteiger partial charge in [0.25, 0.3) is 0 Å². The number of hydrogen-bond donors (Lipinski definition) is 1. The van der Waals surface area contributed by atoms with Crippen LogP contribution in [-0.2, 0) is 4.79 Å². The third kappa shape index (κ3) is 2.66. The van der Waals surface area contributed by atoms with Gasteiger partial charge in [-0.3, -0.25) is 4.79 Å². The molecular weight excluding hydrogens is 302 g/mol. The highest BCUT2D eigenvalue weighted by Crippen LogP contribution is 2.44. The number of nitrogens with zero attached hydrogens (tertiary/aromatic N) is 4. The molecule has 6 nitrogen and oxygen atoms in total. The molecule has 0 aliphatic carbocycles. The van der Waals surface area contributed by atoms with Crippen LogP contribution >= 0.6 is 0 Å². The Labute approximate surface area is 143 Å². The standard InChI is InChI=1S/C18H27N5O/c1-13(2)10-22-11-14-15(12-22)18(21-16(14)24)4-8-23(9-5-18)17-19-6-3-7-20-17/h3,6-7,13-15H,4-5,8-12H2,1-2H3,(H,21,24)/t14-,15-/m1/s1. The zero-order valence-electron chi connectivity index (χ0n) is 14.6. The smallest absolute Gasteiger partial charge is 0.225 e. The molecule has 3 saturated heterocycles. The van der Waals surface area contributed by atoms with E-state index in [1.165, 1.54) is 0 Å². The summed E-state index contributed by atoms with van der Waals surface area (Å²) >= 11 is 0. The molecule has 1 N–H and O–H groups in total. The third-order valence-corrected chi connectivity index (χ3v) is 5.93. The number of rotatable bonds is 3. The van der Waals surface area contributed by atoms with Crippen LogP contribution in [0.25, 0.3) is 0 Å². The van der Waals surface area contributed by atoms with Gasteiger partial charge in [-0.15, -0.1) is 0 Å². The molecule has 2 atom stereocenters. The number of piperidine rings is 1. The zero-order chi connectivity index (χ0) is 16.7. The highest BCUT2D eigenvalue weighted by atomic mass is 16.2. The molecule has 3 aliphatic heterocycles. The molecule has 0 aromatic carbocycles. The van der Waals surface area contributed by atoms with E-state index in [9.17, 15) is 4.79 Å². The SMILES string of the molecule is CC(C)CN1C[C@@H]2[C@@H](C1)C(=O)NC21CCN(c2ncccn2)CC1. The highest BCUT2D eigenvalue weighted by molar-refractivity contribution is 5.83. The van der Waals surface area contributed by atoms with Crippen LogP contribution < -0.4 is 10.2 Å². The van der Waals surface area contributed by atoms with Crippen molar-refractivity contribution in [2.45, 2.75) is 32.2 Å². The first-order valence-corrected chi connectivity index (χ1v) is 9.14. The molecule has 4 rings (SSSR count). The van der Waals surface area contributed by atoms with Gasteiger partial charge in [-0.1, -0.05) is 13.8 Å². The van der Waals surface area contributed by atoms with Crippen molar-refractivity contribution in [3.05, 3.63) is 18.5 Å². The molecule has 3 fully saturated rings. The van der Waals surface area contributed by atoms with Gasteiger partial charge in [0.15, 0.2) is 0 Å². The van der Waals surface area contributed by atoms with E-state index in [1.807, 2.05) is 6.07 Å². The Bertz CT molecular complexity index is 597. The molecule has 1 aromatic heterocycles. The monoisotopic (exact) mass is 329 g/mol. The van der Waals surface area contributed by atoms with Crippen LogP contribution in [-0.4, -0.2) is 59.0 Å². The average molecular weight is 329 g/mol. The number of amides is 1. The first-order chi connectivity index (χ1) is 11.6. The normalized spacial score (nSPS) is 29.3. The summed E-state index contributed by atoms with van der Waals surface area (Å²) in [6.45, 7) is 9.42. The molecule has 4 heterocycles. The van der Waals surface area contributed by atoms with Gasteiger partial charge in [-0.2, -0.15) is 0 Å². The lowest BCUT2D eigenvalue weighted by Crippen LogP contribution is -2.55. The second-order valence-corrected chi connectivity index (χ2v) is 8.01. The molecular formula is C18H27N5O. The predicted molar refractivity (Wildman–Crippen MR) is 92.6 cm³/mol. The summed E-state index contributed by atoms with van der Waals surface area (Å²) in [5.74, 6) is 2.38. The molecule has 6 heteroatoms. The van der Waals surface area contributed by atoms with Crippen molar-refractivity contribution in [2.75, 3.05) is 37.6 Å². The maximum Gasteiger partial charge on any atom is 0.225 e. The van der Waals surface area contributed by atoms with Gasteiger partial charge in [-0.05, 0) is 24.8 Å². The lowest BCUT2D eigenvalue weighted by molar-refractivity contribution is -0.123. The molecule has 1 amide bonds. The molecule has 1 aromatic rings. The second kappa shape index (κ2) is 5.99. The predicted octanol–water partition coefficient (Wildman–Crippen LogP) is 1.15. The van der Waals surface area contributed by atoms with Crippen LogP contribution in [0.5, 0.6) is 0 Å². The summed E-state index contributed by atoms with van der Waals surface area (Å²) < 4.78 is 0. The molecule has 24 heavy (non-hydrogen) atoms. The fraction of sp³-hybridized carbons (Fsp3) is 0.722. The number of carbonyl (C=O) groups is 1. The van der Waals surface area contributed by atoms with Crippen LogP contribution in [0.1, 0.15) is 26.7 Å². The Hall–Kier alpha value is -1.69. The third-order valence-electron chi connectivity index (χ3n) is 5.93. The van der Waals surface area contributed by atoms with E-state index in [-0.39, 0.29) is 17.4 Å². The minimum Gasteiger partial charge on any atom is -0.350 e. The number of hydrogen-bond acceptors (Lipinski definition) is 5. The van der Waals surface area contributed by atoms with E-state index in [1.54, 1.807) is 12.4 Å². The van der Waals surface area contributed by atoms with Crippen molar-refractivity contribution in [1.29, 1.82) is 0 Å². The van der Waals surface area contributed by atoms with Gasteiger partial charge in [0.1, 0.15) is 0 Å². The highest BCUT2D eigenvalue weighted by Gasteiger charge is 2.57. The van der Waals surface area contributed by atoms with Gasteiger partial charge in [0.2, 0.25) is 11.9 Å². The van der Waals surface area contributed by atoms with Crippen molar-refractivity contribution < 1.29 is 4.79 Å². The number of likely N-dealkylation sites (tertiary alicyclic amines) is 1. The molecule has 3 aliphatic rings. The van der Waals surface area contributed by atoms with Gasteiger partial charge in [-0.25, -0.2) is 9.97 Å². The van der Waals surface area contributed by atoms with E-state index in [0.717, 1.165) is 51.5 Å². The van der Waals surface area contributed by atoms with Crippen LogP contribution in [0, 0.1) is 17.8 Å². The summed E-state index contributed by atoms with van der Waals surface area (Å²) in [6, 6.07) is 1.85. The van der Waals surface area contributed by atoms with Crippen molar-refractivity contribution >= 4 is 11.9 Å². The number of nitrogens with one attached hydrogen (secondary N) is 1. The molecule has 0 unspecified atom stereocenters. The Kier molecular flexibility index (Phi) is 3.95. The second-order valence-electron chi connectivity index (χ2n) is 8.01. The number of fused-ring (bicyclic) bond motifs is 2. The maximum absolute atomic E-state index is 12.5. The molecule has 0 saturated carbocycles. The lowest BCUT2D eigenvalue weighted by atomic mass is 9.75. The van der Waals surface area contributed by atoms with E-state index >= 15 is 0 Å². The van der Waals surface area contributed by atoms with Gasteiger partial charge in [0, 0.05) is 56.6 Å². The van der Waals surface area contributed by atoms with Crippen molar-refractivity contribution in [3.8, 4) is 0 Å². The number of anilines is 1. The number of carbonyl (C=O) groups excluding carboxylic acids is 1. The maximum atomic E-state index is 12.5. The molecule has 1 spiro atoms. The first kappa shape index (κ1) is 15.8. The topological polar surface area (TPSA) is 61.4 Å². The fourth-order valence-corrected chi connectivity index (χ4v) is 4.86. The Morgan fingerprint density at radius 1 is 1.25 bits per heavy atom. The zero-order valence-corrected chi connectivity index (χ0v) is 14.6. The summed E-state index contributed by atoms with van der Waals surface area (Å²) in [7, 11) is 0. The van der Waals surface area contributed by atoms with E-state index in [4.69, 9.17) is 0 Å². The van der Waals surface area contributed by atoms with E-state index in [0.29, 0.717) is 11.8 Å². The van der Waals surface area contributed by atoms with Crippen molar-refractivity contribution in [1.82, 2.24) is 20.2 Å². The average Bonchev–Trinajstić information content (AvgIpc) is 3.09. The minimum absolute atomic E-state index is 0.0151. The van der Waals surface area contributed by atoms with E-state index in [2.05, 4.69) is 38.9 Å².